The van der Waals surface area contributed by atoms with Crippen LogP contribution in [0.2, 0.25) is 0 Å². The zero-order chi connectivity index (χ0) is 16.8. The number of methoxy groups -OCH3 is 1. The van der Waals surface area contributed by atoms with Crippen molar-refractivity contribution in [1.29, 1.82) is 0 Å². The highest BCUT2D eigenvalue weighted by molar-refractivity contribution is 5.67. The minimum absolute atomic E-state index is 0. The Hall–Kier alpha value is -1.44. The van der Waals surface area contributed by atoms with Crippen LogP contribution in [0.1, 0.15) is 16.8 Å². The van der Waals surface area contributed by atoms with Crippen LogP contribution in [0.15, 0.2) is 42.6 Å². The SMILES string of the molecule is COc1ccc(/C=C/c2cccc[n+]2C)cc1CN1CCOCC1.[I-]. The van der Waals surface area contributed by atoms with E-state index in [-0.39, 0.29) is 24.0 Å². The first-order valence-electron chi connectivity index (χ1n) is 8.36. The smallest absolute Gasteiger partial charge is 0.204 e. The number of hydrogen-bond donors (Lipinski definition) is 0. The summed E-state index contributed by atoms with van der Waals surface area (Å²) in [5, 5.41) is 0. The van der Waals surface area contributed by atoms with E-state index in [1.54, 1.807) is 7.11 Å². The molecule has 4 nitrogen and oxygen atoms in total. The van der Waals surface area contributed by atoms with Crippen molar-refractivity contribution in [2.45, 2.75) is 6.54 Å². The van der Waals surface area contributed by atoms with Gasteiger partial charge in [-0.2, -0.15) is 0 Å². The Kier molecular flexibility index (Phi) is 7.87. The van der Waals surface area contributed by atoms with Gasteiger partial charge in [-0.25, -0.2) is 4.57 Å². The fourth-order valence-corrected chi connectivity index (χ4v) is 2.92. The Bertz CT molecular complexity index is 713. The first kappa shape index (κ1) is 19.9. The number of benzene rings is 1. The Labute approximate surface area is 167 Å². The molecule has 25 heavy (non-hydrogen) atoms. The minimum Gasteiger partial charge on any atom is -1.00 e. The van der Waals surface area contributed by atoms with Gasteiger partial charge in [0.2, 0.25) is 5.69 Å². The van der Waals surface area contributed by atoms with E-state index in [1.165, 1.54) is 16.8 Å². The molecule has 1 aromatic carbocycles. The van der Waals surface area contributed by atoms with E-state index >= 15 is 0 Å². The quantitative estimate of drug-likeness (QED) is 0.453. The number of halogens is 1. The van der Waals surface area contributed by atoms with Crippen molar-refractivity contribution in [3.8, 4) is 5.75 Å². The van der Waals surface area contributed by atoms with Gasteiger partial charge in [-0.05, 0) is 29.8 Å². The number of morpholine rings is 1. The topological polar surface area (TPSA) is 25.6 Å². The second-order valence-corrected chi connectivity index (χ2v) is 6.03. The van der Waals surface area contributed by atoms with E-state index in [4.69, 9.17) is 9.47 Å². The average molecular weight is 452 g/mol. The summed E-state index contributed by atoms with van der Waals surface area (Å²) in [6.45, 7) is 4.47. The third kappa shape index (κ3) is 5.52. The summed E-state index contributed by atoms with van der Waals surface area (Å²) >= 11 is 0. The van der Waals surface area contributed by atoms with E-state index in [0.29, 0.717) is 0 Å². The van der Waals surface area contributed by atoms with Crippen molar-refractivity contribution in [3.05, 3.63) is 59.4 Å². The molecule has 0 saturated carbocycles. The van der Waals surface area contributed by atoms with E-state index in [2.05, 4.69) is 65.2 Å². The maximum absolute atomic E-state index is 5.54. The summed E-state index contributed by atoms with van der Waals surface area (Å²) in [4.78, 5) is 2.41. The molecule has 0 bridgehead atoms. The van der Waals surface area contributed by atoms with E-state index in [9.17, 15) is 0 Å². The van der Waals surface area contributed by atoms with Gasteiger partial charge in [0.05, 0.1) is 20.3 Å². The van der Waals surface area contributed by atoms with Crippen molar-refractivity contribution in [2.75, 3.05) is 33.4 Å². The van der Waals surface area contributed by atoms with Crippen LogP contribution in [0.5, 0.6) is 5.75 Å². The second-order valence-electron chi connectivity index (χ2n) is 6.03. The van der Waals surface area contributed by atoms with Crippen molar-refractivity contribution >= 4 is 12.2 Å². The van der Waals surface area contributed by atoms with Gasteiger partial charge >= 0.3 is 0 Å². The molecule has 0 spiro atoms. The number of rotatable bonds is 5. The van der Waals surface area contributed by atoms with Crippen LogP contribution >= 0.6 is 0 Å². The zero-order valence-electron chi connectivity index (χ0n) is 14.8. The molecule has 0 aliphatic carbocycles. The van der Waals surface area contributed by atoms with Gasteiger partial charge in [-0.1, -0.05) is 6.07 Å². The maximum atomic E-state index is 5.54. The molecular formula is C20H25IN2O2. The van der Waals surface area contributed by atoms with E-state index < -0.39 is 0 Å². The fourth-order valence-electron chi connectivity index (χ4n) is 2.92. The average Bonchev–Trinajstić information content (AvgIpc) is 2.62. The lowest BCUT2D eigenvalue weighted by Crippen LogP contribution is -3.00. The van der Waals surface area contributed by atoms with E-state index in [0.717, 1.165) is 38.6 Å². The predicted octanol–water partition coefficient (Wildman–Crippen LogP) is -0.474. The third-order valence-electron chi connectivity index (χ3n) is 4.34. The third-order valence-corrected chi connectivity index (χ3v) is 4.34. The highest BCUT2D eigenvalue weighted by Crippen LogP contribution is 2.23. The molecule has 1 aliphatic heterocycles. The van der Waals surface area contributed by atoms with Crippen LogP contribution in [0.3, 0.4) is 0 Å². The summed E-state index contributed by atoms with van der Waals surface area (Å²) in [5.41, 5.74) is 3.57. The van der Waals surface area contributed by atoms with Gasteiger partial charge in [0.15, 0.2) is 6.20 Å². The number of aromatic nitrogens is 1. The van der Waals surface area contributed by atoms with Crippen molar-refractivity contribution < 1.29 is 38.0 Å². The van der Waals surface area contributed by atoms with Gasteiger partial charge in [0, 0.05) is 43.4 Å². The molecule has 2 aromatic rings. The van der Waals surface area contributed by atoms with Crippen molar-refractivity contribution in [3.63, 3.8) is 0 Å². The summed E-state index contributed by atoms with van der Waals surface area (Å²) in [5.74, 6) is 0.948. The molecule has 0 N–H and O–H groups in total. The molecule has 1 saturated heterocycles. The standard InChI is InChI=1S/C20H25N2O2.HI/c1-21-10-4-3-5-19(21)8-6-17-7-9-20(23-2)18(15-17)16-22-11-13-24-14-12-22;/h3-10,15H,11-14,16H2,1-2H3;1H/q+1;/p-1/b8-6+;. The minimum atomic E-state index is 0. The molecule has 134 valence electrons. The van der Waals surface area contributed by atoms with Crippen LogP contribution in [0.25, 0.3) is 12.2 Å². The van der Waals surface area contributed by atoms with Crippen molar-refractivity contribution in [2.24, 2.45) is 7.05 Å². The Morgan fingerprint density at radius 2 is 1.96 bits per heavy atom. The molecule has 0 unspecified atom stereocenters. The summed E-state index contributed by atoms with van der Waals surface area (Å²) in [7, 11) is 3.79. The number of ether oxygens (including phenoxy) is 2. The molecule has 1 aromatic heterocycles. The zero-order valence-corrected chi connectivity index (χ0v) is 17.0. The molecule has 0 radical (unpaired) electrons. The normalized spacial score (nSPS) is 15.1. The molecule has 5 heteroatoms. The second kappa shape index (κ2) is 9.89. The largest absolute Gasteiger partial charge is 1.00 e. The molecule has 1 fully saturated rings. The molecule has 1 aliphatic rings. The number of hydrogen-bond acceptors (Lipinski definition) is 3. The van der Waals surface area contributed by atoms with Gasteiger partial charge in [-0.3, -0.25) is 4.90 Å². The van der Waals surface area contributed by atoms with Crippen molar-refractivity contribution in [1.82, 2.24) is 4.90 Å². The lowest BCUT2D eigenvalue weighted by atomic mass is 10.1. The molecule has 0 amide bonds. The highest BCUT2D eigenvalue weighted by Gasteiger charge is 2.13. The number of aryl methyl sites for hydroxylation is 1. The monoisotopic (exact) mass is 452 g/mol. The summed E-state index contributed by atoms with van der Waals surface area (Å²) in [6, 6.07) is 12.6. The first-order chi connectivity index (χ1) is 11.8. The van der Waals surface area contributed by atoms with Crippen LogP contribution < -0.4 is 33.3 Å². The number of nitrogens with zero attached hydrogens (tertiary/aromatic N) is 2. The highest BCUT2D eigenvalue weighted by atomic mass is 127. The van der Waals surface area contributed by atoms with Crippen LogP contribution in [0, 0.1) is 0 Å². The van der Waals surface area contributed by atoms with Crippen LogP contribution in [-0.2, 0) is 18.3 Å². The number of pyridine rings is 1. The van der Waals surface area contributed by atoms with Gasteiger partial charge in [0.1, 0.15) is 12.8 Å². The Balaban J connectivity index is 0.00000225. The van der Waals surface area contributed by atoms with Gasteiger partial charge < -0.3 is 33.5 Å². The predicted molar refractivity (Wildman–Crippen MR) is 95.6 cm³/mol. The van der Waals surface area contributed by atoms with Gasteiger partial charge in [-0.15, -0.1) is 0 Å². The van der Waals surface area contributed by atoms with Gasteiger partial charge in [0.25, 0.3) is 0 Å². The molecular weight excluding hydrogens is 427 g/mol. The van der Waals surface area contributed by atoms with Crippen LogP contribution in [0.4, 0.5) is 0 Å². The molecule has 2 heterocycles. The molecule has 0 atom stereocenters. The lowest BCUT2D eigenvalue weighted by Gasteiger charge is -2.27. The lowest BCUT2D eigenvalue weighted by molar-refractivity contribution is -0.673. The van der Waals surface area contributed by atoms with Crippen LogP contribution in [-0.4, -0.2) is 38.3 Å². The Morgan fingerprint density at radius 3 is 2.68 bits per heavy atom. The van der Waals surface area contributed by atoms with E-state index in [1.807, 2.05) is 6.07 Å². The maximum Gasteiger partial charge on any atom is 0.204 e. The fraction of sp³-hybridized carbons (Fsp3) is 0.350. The first-order valence-corrected chi connectivity index (χ1v) is 8.36. The summed E-state index contributed by atoms with van der Waals surface area (Å²) < 4.78 is 13.1. The summed E-state index contributed by atoms with van der Waals surface area (Å²) in [6.07, 6.45) is 6.34. The Morgan fingerprint density at radius 1 is 1.16 bits per heavy atom. The molecule has 3 rings (SSSR count).